The van der Waals surface area contributed by atoms with Crippen molar-refractivity contribution in [3.8, 4) is 0 Å². The average Bonchev–Trinajstić information content (AvgIpc) is 2.29. The number of hydrogen-bond donors (Lipinski definition) is 1. The molecule has 4 nitrogen and oxygen atoms in total. The second kappa shape index (κ2) is 6.30. The Kier molecular flexibility index (Phi) is 5.02. The minimum Gasteiger partial charge on any atom is -0.370 e. The Morgan fingerprint density at radius 3 is 2.69 bits per heavy atom. The highest BCUT2D eigenvalue weighted by atomic mass is 15.2. The minimum atomic E-state index is 0.885. The van der Waals surface area contributed by atoms with E-state index < -0.39 is 0 Å². The van der Waals surface area contributed by atoms with Gasteiger partial charge in [-0.25, -0.2) is 9.97 Å². The summed E-state index contributed by atoms with van der Waals surface area (Å²) in [6.45, 7) is 8.26. The maximum Gasteiger partial charge on any atom is 0.136 e. The number of nitrogens with zero attached hydrogens (tertiary/aromatic N) is 3. The van der Waals surface area contributed by atoms with Gasteiger partial charge in [-0.3, -0.25) is 0 Å². The normalized spacial score (nSPS) is 10.2. The number of unbranched alkanes of at least 4 members (excludes halogenated alkanes) is 1. The average molecular weight is 222 g/mol. The Labute approximate surface area is 98.1 Å². The van der Waals surface area contributed by atoms with Gasteiger partial charge in [-0.1, -0.05) is 13.3 Å². The van der Waals surface area contributed by atoms with Crippen molar-refractivity contribution in [2.45, 2.75) is 33.6 Å². The van der Waals surface area contributed by atoms with Crippen LogP contribution in [0.25, 0.3) is 0 Å². The Hall–Kier alpha value is -1.32. The van der Waals surface area contributed by atoms with Gasteiger partial charge in [-0.05, 0) is 20.3 Å². The predicted octanol–water partition coefficient (Wildman–Crippen LogP) is 2.45. The van der Waals surface area contributed by atoms with Crippen molar-refractivity contribution in [3.63, 3.8) is 0 Å². The molecular formula is C12H22N4. The van der Waals surface area contributed by atoms with Gasteiger partial charge in [-0.2, -0.15) is 0 Å². The standard InChI is InChI=1S/C12H22N4/c1-5-7-8-16(4)12-10(3)11(13-6-2)14-9-15-12/h9H,5-8H2,1-4H3,(H,13,14,15). The van der Waals surface area contributed by atoms with Crippen molar-refractivity contribution in [2.24, 2.45) is 0 Å². The lowest BCUT2D eigenvalue weighted by Crippen LogP contribution is -2.21. The van der Waals surface area contributed by atoms with Crippen molar-refractivity contribution < 1.29 is 0 Å². The molecule has 1 N–H and O–H groups in total. The van der Waals surface area contributed by atoms with E-state index in [1.165, 1.54) is 12.8 Å². The maximum absolute atomic E-state index is 4.35. The lowest BCUT2D eigenvalue weighted by Gasteiger charge is -2.20. The third kappa shape index (κ3) is 3.08. The molecule has 16 heavy (non-hydrogen) atoms. The van der Waals surface area contributed by atoms with Crippen LogP contribution in [-0.4, -0.2) is 30.1 Å². The lowest BCUT2D eigenvalue weighted by molar-refractivity contribution is 0.756. The molecule has 1 heterocycles. The quantitative estimate of drug-likeness (QED) is 0.802. The zero-order chi connectivity index (χ0) is 12.0. The first kappa shape index (κ1) is 12.7. The van der Waals surface area contributed by atoms with Gasteiger partial charge < -0.3 is 10.2 Å². The summed E-state index contributed by atoms with van der Waals surface area (Å²) in [5, 5.41) is 3.25. The van der Waals surface area contributed by atoms with Crippen LogP contribution in [0.15, 0.2) is 6.33 Å². The van der Waals surface area contributed by atoms with Gasteiger partial charge in [0, 0.05) is 25.7 Å². The van der Waals surface area contributed by atoms with E-state index in [0.29, 0.717) is 0 Å². The van der Waals surface area contributed by atoms with Crippen molar-refractivity contribution in [1.29, 1.82) is 0 Å². The highest BCUT2D eigenvalue weighted by Gasteiger charge is 2.09. The number of hydrogen-bond acceptors (Lipinski definition) is 4. The summed E-state index contributed by atoms with van der Waals surface area (Å²) in [5.41, 5.74) is 1.13. The fourth-order valence-electron chi connectivity index (χ4n) is 1.67. The minimum absolute atomic E-state index is 0.885. The van der Waals surface area contributed by atoms with Crippen molar-refractivity contribution in [2.75, 3.05) is 30.4 Å². The van der Waals surface area contributed by atoms with Crippen LogP contribution < -0.4 is 10.2 Å². The molecular weight excluding hydrogens is 200 g/mol. The highest BCUT2D eigenvalue weighted by molar-refractivity contribution is 5.57. The molecule has 0 radical (unpaired) electrons. The van der Waals surface area contributed by atoms with Crippen molar-refractivity contribution in [1.82, 2.24) is 9.97 Å². The first-order chi connectivity index (χ1) is 7.70. The molecule has 0 unspecified atom stereocenters. The van der Waals surface area contributed by atoms with E-state index in [1.54, 1.807) is 6.33 Å². The fourth-order valence-corrected chi connectivity index (χ4v) is 1.67. The molecule has 0 spiro atoms. The number of nitrogens with one attached hydrogen (secondary N) is 1. The SMILES string of the molecule is CCCCN(C)c1ncnc(NCC)c1C. The van der Waals surface area contributed by atoms with Gasteiger partial charge in [-0.15, -0.1) is 0 Å². The summed E-state index contributed by atoms with van der Waals surface area (Å²) in [6, 6.07) is 0. The summed E-state index contributed by atoms with van der Waals surface area (Å²) in [6.07, 6.45) is 4.02. The van der Waals surface area contributed by atoms with Crippen molar-refractivity contribution in [3.05, 3.63) is 11.9 Å². The number of rotatable bonds is 6. The molecule has 1 rings (SSSR count). The zero-order valence-corrected chi connectivity index (χ0v) is 10.7. The molecule has 0 amide bonds. The summed E-state index contributed by atoms with van der Waals surface area (Å²) < 4.78 is 0. The van der Waals surface area contributed by atoms with Crippen LogP contribution in [0.4, 0.5) is 11.6 Å². The lowest BCUT2D eigenvalue weighted by atomic mass is 10.2. The van der Waals surface area contributed by atoms with Crippen molar-refractivity contribution >= 4 is 11.6 Å². The van der Waals surface area contributed by atoms with Gasteiger partial charge in [0.2, 0.25) is 0 Å². The first-order valence-corrected chi connectivity index (χ1v) is 5.97. The van der Waals surface area contributed by atoms with Gasteiger partial charge in [0.05, 0.1) is 0 Å². The molecule has 0 saturated carbocycles. The van der Waals surface area contributed by atoms with E-state index in [2.05, 4.69) is 48.0 Å². The third-order valence-corrected chi connectivity index (χ3v) is 2.61. The van der Waals surface area contributed by atoms with E-state index in [1.807, 2.05) is 0 Å². The Morgan fingerprint density at radius 2 is 2.06 bits per heavy atom. The van der Waals surface area contributed by atoms with Crippen LogP contribution in [0.2, 0.25) is 0 Å². The van der Waals surface area contributed by atoms with Gasteiger partial charge >= 0.3 is 0 Å². The second-order valence-corrected chi connectivity index (χ2v) is 3.98. The summed E-state index contributed by atoms with van der Waals surface area (Å²) in [7, 11) is 2.08. The molecule has 1 aromatic heterocycles. The first-order valence-electron chi connectivity index (χ1n) is 5.97. The molecule has 1 aromatic rings. The second-order valence-electron chi connectivity index (χ2n) is 3.98. The number of anilines is 2. The molecule has 0 aromatic carbocycles. The molecule has 90 valence electrons. The molecule has 0 bridgehead atoms. The zero-order valence-electron chi connectivity index (χ0n) is 10.7. The third-order valence-electron chi connectivity index (χ3n) is 2.61. The molecule has 0 aliphatic carbocycles. The Bertz CT molecular complexity index is 325. The summed E-state index contributed by atoms with van der Waals surface area (Å²) in [5.74, 6) is 1.97. The van der Waals surface area contributed by atoms with Gasteiger partial charge in [0.1, 0.15) is 18.0 Å². The van der Waals surface area contributed by atoms with Crippen LogP contribution in [0.5, 0.6) is 0 Å². The maximum atomic E-state index is 4.35. The van der Waals surface area contributed by atoms with Crippen LogP contribution in [-0.2, 0) is 0 Å². The molecule has 0 atom stereocenters. The fraction of sp³-hybridized carbons (Fsp3) is 0.667. The Morgan fingerprint density at radius 1 is 1.31 bits per heavy atom. The van der Waals surface area contributed by atoms with Crippen LogP contribution in [0.1, 0.15) is 32.3 Å². The largest absolute Gasteiger partial charge is 0.370 e. The van der Waals surface area contributed by atoms with Gasteiger partial charge in [0.15, 0.2) is 0 Å². The monoisotopic (exact) mass is 222 g/mol. The van der Waals surface area contributed by atoms with Crippen LogP contribution in [0.3, 0.4) is 0 Å². The van der Waals surface area contributed by atoms with Crippen LogP contribution in [0, 0.1) is 6.92 Å². The van der Waals surface area contributed by atoms with Crippen LogP contribution >= 0.6 is 0 Å². The van der Waals surface area contributed by atoms with Gasteiger partial charge in [0.25, 0.3) is 0 Å². The molecule has 0 saturated heterocycles. The molecule has 0 fully saturated rings. The highest BCUT2D eigenvalue weighted by Crippen LogP contribution is 2.21. The number of aromatic nitrogens is 2. The summed E-state index contributed by atoms with van der Waals surface area (Å²) in [4.78, 5) is 10.8. The smallest absolute Gasteiger partial charge is 0.136 e. The Balaban J connectivity index is 2.82. The molecule has 0 aliphatic rings. The van der Waals surface area contributed by atoms with E-state index in [0.717, 1.165) is 30.3 Å². The van der Waals surface area contributed by atoms with E-state index in [-0.39, 0.29) is 0 Å². The van der Waals surface area contributed by atoms with E-state index >= 15 is 0 Å². The van der Waals surface area contributed by atoms with E-state index in [4.69, 9.17) is 0 Å². The molecule has 4 heteroatoms. The van der Waals surface area contributed by atoms with E-state index in [9.17, 15) is 0 Å². The predicted molar refractivity (Wildman–Crippen MR) is 69.1 cm³/mol. The topological polar surface area (TPSA) is 41.1 Å². The summed E-state index contributed by atoms with van der Waals surface area (Å²) >= 11 is 0. The molecule has 0 aliphatic heterocycles.